The van der Waals surface area contributed by atoms with Crippen LogP contribution in [0.1, 0.15) is 33.9 Å². The Bertz CT molecular complexity index is 1280. The van der Waals surface area contributed by atoms with Crippen molar-refractivity contribution in [2.45, 2.75) is 43.5 Å². The number of hydrogen-bond acceptors (Lipinski definition) is 3. The molecule has 0 spiro atoms. The van der Waals surface area contributed by atoms with Crippen molar-refractivity contribution >= 4 is 29.0 Å². The second kappa shape index (κ2) is 10.6. The summed E-state index contributed by atoms with van der Waals surface area (Å²) >= 11 is 1.74. The molecule has 4 aromatic carbocycles. The minimum absolute atomic E-state index is 0.0894. The van der Waals surface area contributed by atoms with Crippen molar-refractivity contribution in [3.63, 3.8) is 0 Å². The standard InChI is InChI=1S/C30H30N2OS/c1-20-10-11-22(3)28(18-20)32-30(33)29(24-8-6-5-7-9-24)31-25-13-16-26(17-14-25)34-27-15-12-21(2)23(4)19-27/h5-19,29,31H,1-4H3,(H,32,33). The lowest BCUT2D eigenvalue weighted by molar-refractivity contribution is -0.117. The van der Waals surface area contributed by atoms with E-state index in [1.165, 1.54) is 16.0 Å². The van der Waals surface area contributed by atoms with E-state index in [1.807, 2.05) is 68.4 Å². The van der Waals surface area contributed by atoms with E-state index in [2.05, 4.69) is 60.9 Å². The van der Waals surface area contributed by atoms with Gasteiger partial charge in [-0.1, -0.05) is 60.3 Å². The highest BCUT2D eigenvalue weighted by Crippen LogP contribution is 2.31. The fourth-order valence-electron chi connectivity index (χ4n) is 3.72. The molecule has 1 unspecified atom stereocenters. The van der Waals surface area contributed by atoms with Gasteiger partial charge in [-0.05, 0) is 98.0 Å². The predicted octanol–water partition coefficient (Wildman–Crippen LogP) is 7.86. The van der Waals surface area contributed by atoms with Gasteiger partial charge < -0.3 is 10.6 Å². The maximum atomic E-state index is 13.4. The number of benzene rings is 4. The first-order valence-corrected chi connectivity index (χ1v) is 12.3. The number of rotatable bonds is 7. The average Bonchev–Trinajstić information content (AvgIpc) is 2.84. The summed E-state index contributed by atoms with van der Waals surface area (Å²) in [7, 11) is 0. The van der Waals surface area contributed by atoms with Crippen LogP contribution in [0.4, 0.5) is 11.4 Å². The summed E-state index contributed by atoms with van der Waals surface area (Å²) in [6, 6.07) is 30.2. The minimum atomic E-state index is -0.514. The Balaban J connectivity index is 1.52. The minimum Gasteiger partial charge on any atom is -0.370 e. The number of aryl methyl sites for hydroxylation is 4. The Labute approximate surface area is 206 Å². The summed E-state index contributed by atoms with van der Waals surface area (Å²) in [5.74, 6) is -0.0894. The SMILES string of the molecule is Cc1ccc(C)c(NC(=O)C(Nc2ccc(Sc3ccc(C)c(C)c3)cc2)c2ccccc2)c1. The molecule has 0 fully saturated rings. The van der Waals surface area contributed by atoms with Crippen LogP contribution in [-0.2, 0) is 4.79 Å². The van der Waals surface area contributed by atoms with Gasteiger partial charge in [0.25, 0.3) is 5.91 Å². The summed E-state index contributed by atoms with van der Waals surface area (Å²) in [5.41, 5.74) is 7.40. The zero-order valence-corrected chi connectivity index (χ0v) is 20.9. The summed E-state index contributed by atoms with van der Waals surface area (Å²) in [6.07, 6.45) is 0. The second-order valence-corrected chi connectivity index (χ2v) is 9.82. The van der Waals surface area contributed by atoms with Crippen LogP contribution in [0.2, 0.25) is 0 Å². The molecule has 1 atom stereocenters. The lowest BCUT2D eigenvalue weighted by atomic mass is 10.0. The van der Waals surface area contributed by atoms with Crippen LogP contribution in [-0.4, -0.2) is 5.91 Å². The van der Waals surface area contributed by atoms with Gasteiger partial charge in [0.1, 0.15) is 6.04 Å². The number of anilines is 2. The molecular weight excluding hydrogens is 436 g/mol. The van der Waals surface area contributed by atoms with Crippen LogP contribution in [0, 0.1) is 27.7 Å². The predicted molar refractivity (Wildman–Crippen MR) is 144 cm³/mol. The normalized spacial score (nSPS) is 11.6. The van der Waals surface area contributed by atoms with Crippen molar-refractivity contribution in [3.8, 4) is 0 Å². The topological polar surface area (TPSA) is 41.1 Å². The van der Waals surface area contributed by atoms with Crippen LogP contribution >= 0.6 is 11.8 Å². The van der Waals surface area contributed by atoms with Gasteiger partial charge >= 0.3 is 0 Å². The van der Waals surface area contributed by atoms with Gasteiger partial charge in [-0.2, -0.15) is 0 Å². The van der Waals surface area contributed by atoms with Gasteiger partial charge in [0.05, 0.1) is 0 Å². The van der Waals surface area contributed by atoms with Gasteiger partial charge in [0.2, 0.25) is 0 Å². The Hall–Kier alpha value is -3.50. The Morgan fingerprint density at radius 3 is 2.09 bits per heavy atom. The zero-order chi connectivity index (χ0) is 24.1. The third kappa shape index (κ3) is 5.89. The summed E-state index contributed by atoms with van der Waals surface area (Å²) in [6.45, 7) is 8.30. The Morgan fingerprint density at radius 1 is 0.706 bits per heavy atom. The number of carbonyl (C=O) groups excluding carboxylic acids is 1. The van der Waals surface area contributed by atoms with E-state index in [1.54, 1.807) is 11.8 Å². The molecule has 34 heavy (non-hydrogen) atoms. The second-order valence-electron chi connectivity index (χ2n) is 8.67. The molecule has 0 aromatic heterocycles. The van der Waals surface area contributed by atoms with E-state index >= 15 is 0 Å². The molecule has 172 valence electrons. The van der Waals surface area contributed by atoms with E-state index in [-0.39, 0.29) is 5.91 Å². The van der Waals surface area contributed by atoms with Crippen LogP contribution in [0.3, 0.4) is 0 Å². The maximum Gasteiger partial charge on any atom is 0.251 e. The van der Waals surface area contributed by atoms with Crippen LogP contribution in [0.15, 0.2) is 101 Å². The molecule has 0 aliphatic rings. The third-order valence-electron chi connectivity index (χ3n) is 5.93. The highest BCUT2D eigenvalue weighted by Gasteiger charge is 2.21. The Kier molecular flexibility index (Phi) is 7.39. The van der Waals surface area contributed by atoms with E-state index in [0.29, 0.717) is 0 Å². The van der Waals surface area contributed by atoms with Gasteiger partial charge in [0, 0.05) is 21.2 Å². The molecule has 0 saturated carbocycles. The monoisotopic (exact) mass is 466 g/mol. The molecular formula is C30H30N2OS. The zero-order valence-electron chi connectivity index (χ0n) is 20.1. The lowest BCUT2D eigenvalue weighted by Crippen LogP contribution is -2.27. The highest BCUT2D eigenvalue weighted by molar-refractivity contribution is 7.99. The van der Waals surface area contributed by atoms with Crippen molar-refractivity contribution in [1.82, 2.24) is 0 Å². The van der Waals surface area contributed by atoms with Gasteiger partial charge in [-0.15, -0.1) is 0 Å². The molecule has 3 nitrogen and oxygen atoms in total. The number of amides is 1. The smallest absolute Gasteiger partial charge is 0.251 e. The molecule has 0 saturated heterocycles. The van der Waals surface area contributed by atoms with Crippen LogP contribution in [0.25, 0.3) is 0 Å². The Morgan fingerprint density at radius 2 is 1.38 bits per heavy atom. The number of hydrogen-bond donors (Lipinski definition) is 2. The molecule has 1 amide bonds. The van der Waals surface area contributed by atoms with E-state index in [9.17, 15) is 4.79 Å². The van der Waals surface area contributed by atoms with Crippen LogP contribution < -0.4 is 10.6 Å². The summed E-state index contributed by atoms with van der Waals surface area (Å²) in [5, 5.41) is 6.55. The van der Waals surface area contributed by atoms with Crippen molar-refractivity contribution < 1.29 is 4.79 Å². The number of nitrogens with one attached hydrogen (secondary N) is 2. The first kappa shape index (κ1) is 23.7. The molecule has 0 bridgehead atoms. The maximum absolute atomic E-state index is 13.4. The summed E-state index contributed by atoms with van der Waals surface area (Å²) in [4.78, 5) is 15.7. The molecule has 0 heterocycles. The first-order valence-electron chi connectivity index (χ1n) is 11.4. The third-order valence-corrected chi connectivity index (χ3v) is 6.92. The number of carbonyl (C=O) groups is 1. The molecule has 0 radical (unpaired) electrons. The van der Waals surface area contributed by atoms with Crippen LogP contribution in [0.5, 0.6) is 0 Å². The van der Waals surface area contributed by atoms with Crippen molar-refractivity contribution in [1.29, 1.82) is 0 Å². The average molecular weight is 467 g/mol. The van der Waals surface area contributed by atoms with Gasteiger partial charge in [0.15, 0.2) is 0 Å². The van der Waals surface area contributed by atoms with E-state index in [4.69, 9.17) is 0 Å². The van der Waals surface area contributed by atoms with Crippen molar-refractivity contribution in [2.24, 2.45) is 0 Å². The first-order chi connectivity index (χ1) is 16.4. The summed E-state index contributed by atoms with van der Waals surface area (Å²) < 4.78 is 0. The molecule has 4 aromatic rings. The van der Waals surface area contributed by atoms with Crippen molar-refractivity contribution in [2.75, 3.05) is 10.6 Å². The van der Waals surface area contributed by atoms with Crippen molar-refractivity contribution in [3.05, 3.63) is 119 Å². The molecule has 4 heteroatoms. The van der Waals surface area contributed by atoms with Gasteiger partial charge in [-0.3, -0.25) is 4.79 Å². The molecule has 4 rings (SSSR count). The quantitative estimate of drug-likeness (QED) is 0.291. The molecule has 2 N–H and O–H groups in total. The lowest BCUT2D eigenvalue weighted by Gasteiger charge is -2.21. The highest BCUT2D eigenvalue weighted by atomic mass is 32.2. The fraction of sp³-hybridized carbons (Fsp3) is 0.167. The molecule has 0 aliphatic carbocycles. The van der Waals surface area contributed by atoms with Gasteiger partial charge in [-0.25, -0.2) is 0 Å². The van der Waals surface area contributed by atoms with E-state index in [0.717, 1.165) is 33.0 Å². The van der Waals surface area contributed by atoms with E-state index < -0.39 is 6.04 Å². The fourth-order valence-corrected chi connectivity index (χ4v) is 4.64. The molecule has 0 aliphatic heterocycles. The largest absolute Gasteiger partial charge is 0.370 e.